The quantitative estimate of drug-likeness (QED) is 0.840. The van der Waals surface area contributed by atoms with Crippen molar-refractivity contribution in [2.45, 2.75) is 51.3 Å². The van der Waals surface area contributed by atoms with Crippen LogP contribution in [0.3, 0.4) is 0 Å². The van der Waals surface area contributed by atoms with Crippen LogP contribution in [0.25, 0.3) is 0 Å². The number of rotatable bonds is 6. The van der Waals surface area contributed by atoms with E-state index in [1.807, 2.05) is 19.1 Å². The van der Waals surface area contributed by atoms with Crippen molar-refractivity contribution in [1.29, 1.82) is 0 Å². The fourth-order valence-electron chi connectivity index (χ4n) is 2.64. The molecule has 0 spiro atoms. The summed E-state index contributed by atoms with van der Waals surface area (Å²) in [7, 11) is 1.66. The Hall–Kier alpha value is -1.26. The molecule has 112 valence electrons. The molecule has 0 aliphatic heterocycles. The number of methoxy groups -OCH3 is 1. The lowest BCUT2D eigenvalue weighted by Crippen LogP contribution is -2.34. The van der Waals surface area contributed by atoms with Crippen LogP contribution in [0, 0.1) is 0 Å². The molecule has 20 heavy (non-hydrogen) atoms. The number of hydrogen-bond acceptors (Lipinski definition) is 4. The van der Waals surface area contributed by atoms with Crippen LogP contribution in [0.4, 0.5) is 0 Å². The molecule has 0 bridgehead atoms. The average Bonchev–Trinajstić information content (AvgIpc) is 2.47. The zero-order valence-corrected chi connectivity index (χ0v) is 12.4. The van der Waals surface area contributed by atoms with Crippen LogP contribution >= 0.6 is 0 Å². The van der Waals surface area contributed by atoms with E-state index in [1.165, 1.54) is 5.56 Å². The minimum atomic E-state index is -0.0985. The van der Waals surface area contributed by atoms with Gasteiger partial charge in [-0.25, -0.2) is 0 Å². The van der Waals surface area contributed by atoms with Crippen molar-refractivity contribution in [3.05, 3.63) is 23.8 Å². The van der Waals surface area contributed by atoms with E-state index in [2.05, 4.69) is 11.4 Å². The van der Waals surface area contributed by atoms with Gasteiger partial charge in [-0.2, -0.15) is 0 Å². The van der Waals surface area contributed by atoms with E-state index in [4.69, 9.17) is 9.47 Å². The lowest BCUT2D eigenvalue weighted by atomic mass is 9.93. The monoisotopic (exact) mass is 279 g/mol. The summed E-state index contributed by atoms with van der Waals surface area (Å²) in [5, 5.41) is 13.1. The minimum absolute atomic E-state index is 0.0985. The normalized spacial score (nSPS) is 22.6. The largest absolute Gasteiger partial charge is 0.493 e. The zero-order chi connectivity index (χ0) is 14.4. The molecular weight excluding hydrogens is 254 g/mol. The van der Waals surface area contributed by atoms with Crippen molar-refractivity contribution >= 4 is 0 Å². The molecule has 0 unspecified atom stereocenters. The summed E-state index contributed by atoms with van der Waals surface area (Å²) in [5.41, 5.74) is 1.19. The topological polar surface area (TPSA) is 50.7 Å². The summed E-state index contributed by atoms with van der Waals surface area (Å²) in [6.07, 6.45) is 3.82. The van der Waals surface area contributed by atoms with E-state index in [9.17, 15) is 5.11 Å². The molecular formula is C16H25NO3. The highest BCUT2D eigenvalue weighted by atomic mass is 16.5. The molecule has 2 rings (SSSR count). The Morgan fingerprint density at radius 2 is 1.95 bits per heavy atom. The number of hydrogen-bond donors (Lipinski definition) is 2. The summed E-state index contributed by atoms with van der Waals surface area (Å²) in [6.45, 7) is 3.43. The van der Waals surface area contributed by atoms with E-state index in [0.717, 1.165) is 43.7 Å². The standard InChI is InChI=1S/C16H25NO3/c1-3-20-16-10-12(4-9-15(16)19-2)11-17-13-5-7-14(18)8-6-13/h4,9-10,13-14,17-18H,3,5-8,11H2,1-2H3. The zero-order valence-electron chi connectivity index (χ0n) is 12.4. The number of benzene rings is 1. The molecule has 0 aromatic heterocycles. The fraction of sp³-hybridized carbons (Fsp3) is 0.625. The van der Waals surface area contributed by atoms with Gasteiger partial charge in [0, 0.05) is 12.6 Å². The highest BCUT2D eigenvalue weighted by Crippen LogP contribution is 2.28. The molecule has 0 amide bonds. The average molecular weight is 279 g/mol. The molecule has 1 fully saturated rings. The molecule has 4 heteroatoms. The van der Waals surface area contributed by atoms with Gasteiger partial charge in [0.25, 0.3) is 0 Å². The van der Waals surface area contributed by atoms with Crippen molar-refractivity contribution in [2.24, 2.45) is 0 Å². The van der Waals surface area contributed by atoms with E-state index in [0.29, 0.717) is 12.6 Å². The maximum atomic E-state index is 9.51. The second kappa shape index (κ2) is 7.50. The highest BCUT2D eigenvalue weighted by Gasteiger charge is 2.18. The first-order chi connectivity index (χ1) is 9.72. The molecule has 0 radical (unpaired) electrons. The molecule has 0 heterocycles. The molecule has 0 atom stereocenters. The van der Waals surface area contributed by atoms with E-state index >= 15 is 0 Å². The van der Waals surface area contributed by atoms with E-state index in [1.54, 1.807) is 7.11 Å². The van der Waals surface area contributed by atoms with Gasteiger partial charge in [0.1, 0.15) is 0 Å². The first-order valence-corrected chi connectivity index (χ1v) is 7.44. The van der Waals surface area contributed by atoms with Gasteiger partial charge in [-0.15, -0.1) is 0 Å². The lowest BCUT2D eigenvalue weighted by Gasteiger charge is -2.26. The smallest absolute Gasteiger partial charge is 0.161 e. The Morgan fingerprint density at radius 3 is 2.60 bits per heavy atom. The van der Waals surface area contributed by atoms with Crippen molar-refractivity contribution < 1.29 is 14.6 Å². The third-order valence-corrected chi connectivity index (χ3v) is 3.82. The summed E-state index contributed by atoms with van der Waals surface area (Å²) >= 11 is 0. The van der Waals surface area contributed by atoms with E-state index < -0.39 is 0 Å². The van der Waals surface area contributed by atoms with Gasteiger partial charge in [-0.1, -0.05) is 6.07 Å². The first-order valence-electron chi connectivity index (χ1n) is 7.44. The van der Waals surface area contributed by atoms with Gasteiger partial charge in [-0.3, -0.25) is 0 Å². The van der Waals surface area contributed by atoms with Gasteiger partial charge >= 0.3 is 0 Å². The van der Waals surface area contributed by atoms with Crippen molar-refractivity contribution in [3.63, 3.8) is 0 Å². The van der Waals surface area contributed by atoms with Crippen molar-refractivity contribution in [1.82, 2.24) is 5.32 Å². The summed E-state index contributed by atoms with van der Waals surface area (Å²) < 4.78 is 10.9. The van der Waals surface area contributed by atoms with Gasteiger partial charge in [0.05, 0.1) is 19.8 Å². The van der Waals surface area contributed by atoms with Gasteiger partial charge < -0.3 is 19.9 Å². The molecule has 1 aromatic carbocycles. The van der Waals surface area contributed by atoms with Crippen molar-refractivity contribution in [3.8, 4) is 11.5 Å². The molecule has 1 aliphatic carbocycles. The molecule has 0 saturated heterocycles. The molecule has 2 N–H and O–H groups in total. The van der Waals surface area contributed by atoms with Crippen LogP contribution in [0.2, 0.25) is 0 Å². The summed E-state index contributed by atoms with van der Waals surface area (Å²) in [4.78, 5) is 0. The first kappa shape index (κ1) is 15.1. The predicted molar refractivity (Wildman–Crippen MR) is 79.3 cm³/mol. The fourth-order valence-corrected chi connectivity index (χ4v) is 2.64. The molecule has 1 aromatic rings. The number of aliphatic hydroxyl groups excluding tert-OH is 1. The number of aliphatic hydroxyl groups is 1. The third kappa shape index (κ3) is 4.12. The highest BCUT2D eigenvalue weighted by molar-refractivity contribution is 5.42. The maximum Gasteiger partial charge on any atom is 0.161 e. The third-order valence-electron chi connectivity index (χ3n) is 3.82. The van der Waals surface area contributed by atoms with Crippen LogP contribution in [0.15, 0.2) is 18.2 Å². The Bertz CT molecular complexity index is 414. The summed E-state index contributed by atoms with van der Waals surface area (Å²) in [5.74, 6) is 1.57. The van der Waals surface area contributed by atoms with Crippen LogP contribution < -0.4 is 14.8 Å². The van der Waals surface area contributed by atoms with Crippen LogP contribution in [0.1, 0.15) is 38.2 Å². The SMILES string of the molecule is CCOc1cc(CNC2CCC(O)CC2)ccc1OC. The Kier molecular flexibility index (Phi) is 5.68. The molecule has 1 aliphatic rings. The summed E-state index contributed by atoms with van der Waals surface area (Å²) in [6, 6.07) is 6.56. The minimum Gasteiger partial charge on any atom is -0.493 e. The Balaban J connectivity index is 1.90. The van der Waals surface area contributed by atoms with Gasteiger partial charge in [-0.05, 0) is 50.3 Å². The lowest BCUT2D eigenvalue weighted by molar-refractivity contribution is 0.116. The van der Waals surface area contributed by atoms with E-state index in [-0.39, 0.29) is 6.10 Å². The second-order valence-corrected chi connectivity index (χ2v) is 5.30. The Labute approximate surface area is 121 Å². The number of ether oxygens (including phenoxy) is 2. The van der Waals surface area contributed by atoms with Crippen molar-refractivity contribution in [2.75, 3.05) is 13.7 Å². The van der Waals surface area contributed by atoms with Crippen LogP contribution in [-0.2, 0) is 6.54 Å². The predicted octanol–water partition coefficient (Wildman–Crippen LogP) is 2.49. The van der Waals surface area contributed by atoms with Gasteiger partial charge in [0.2, 0.25) is 0 Å². The molecule has 1 saturated carbocycles. The Morgan fingerprint density at radius 1 is 1.20 bits per heavy atom. The van der Waals surface area contributed by atoms with Gasteiger partial charge in [0.15, 0.2) is 11.5 Å². The molecule has 4 nitrogen and oxygen atoms in total. The number of nitrogens with one attached hydrogen (secondary N) is 1. The second-order valence-electron chi connectivity index (χ2n) is 5.30. The van der Waals surface area contributed by atoms with Crippen LogP contribution in [0.5, 0.6) is 11.5 Å². The van der Waals surface area contributed by atoms with Crippen LogP contribution in [-0.4, -0.2) is 31.0 Å². The maximum absolute atomic E-state index is 9.51.